The van der Waals surface area contributed by atoms with Crippen molar-refractivity contribution < 1.29 is 19.1 Å². The van der Waals surface area contributed by atoms with Gasteiger partial charge in [0.25, 0.3) is 5.91 Å². The fourth-order valence-electron chi connectivity index (χ4n) is 2.55. The van der Waals surface area contributed by atoms with E-state index in [4.69, 9.17) is 9.47 Å². The molecule has 0 unspecified atom stereocenters. The van der Waals surface area contributed by atoms with Gasteiger partial charge in [0.1, 0.15) is 5.75 Å². The molecule has 1 aromatic rings. The number of carbonyl (C=O) groups is 2. The van der Waals surface area contributed by atoms with Gasteiger partial charge in [-0.15, -0.1) is 0 Å². The maximum Gasteiger partial charge on any atom is 0.409 e. The van der Waals surface area contributed by atoms with Crippen LogP contribution in [0.4, 0.5) is 4.79 Å². The molecule has 1 saturated heterocycles. The molecular weight excluding hydrogens is 308 g/mol. The number of hydrogen-bond donors (Lipinski definition) is 0. The zero-order valence-electron chi connectivity index (χ0n) is 14.7. The van der Waals surface area contributed by atoms with Crippen molar-refractivity contribution in [2.75, 3.05) is 39.9 Å². The maximum absolute atomic E-state index is 12.6. The Labute approximate surface area is 143 Å². The van der Waals surface area contributed by atoms with Gasteiger partial charge in [-0.3, -0.25) is 4.79 Å². The number of rotatable bonds is 4. The van der Waals surface area contributed by atoms with Crippen LogP contribution in [0.1, 0.15) is 30.6 Å². The molecule has 0 spiro atoms. The minimum absolute atomic E-state index is 0.0185. The smallest absolute Gasteiger partial charge is 0.409 e. The highest BCUT2D eigenvalue weighted by atomic mass is 16.6. The van der Waals surface area contributed by atoms with Gasteiger partial charge in [-0.2, -0.15) is 0 Å². The van der Waals surface area contributed by atoms with Gasteiger partial charge in [-0.05, 0) is 36.6 Å². The Hall–Kier alpha value is -2.24. The van der Waals surface area contributed by atoms with Crippen LogP contribution in [-0.2, 0) is 4.74 Å². The van der Waals surface area contributed by atoms with Crippen LogP contribution < -0.4 is 4.74 Å². The number of nitrogens with zero attached hydrogens (tertiary/aromatic N) is 2. The van der Waals surface area contributed by atoms with Crippen molar-refractivity contribution in [2.24, 2.45) is 5.92 Å². The van der Waals surface area contributed by atoms with Crippen LogP contribution in [-0.4, -0.2) is 61.7 Å². The van der Waals surface area contributed by atoms with Gasteiger partial charge in [0.2, 0.25) is 0 Å². The molecule has 2 amide bonds. The number of methoxy groups -OCH3 is 1. The van der Waals surface area contributed by atoms with Crippen LogP contribution in [0, 0.1) is 5.92 Å². The molecule has 6 heteroatoms. The van der Waals surface area contributed by atoms with Gasteiger partial charge >= 0.3 is 6.09 Å². The number of amides is 2. The summed E-state index contributed by atoms with van der Waals surface area (Å²) in [7, 11) is 1.60. The molecule has 132 valence electrons. The predicted molar refractivity (Wildman–Crippen MR) is 91.3 cm³/mol. The van der Waals surface area contributed by atoms with Crippen molar-refractivity contribution in [3.05, 3.63) is 29.8 Å². The quantitative estimate of drug-likeness (QED) is 0.849. The lowest BCUT2D eigenvalue weighted by Crippen LogP contribution is -2.37. The molecule has 0 bridgehead atoms. The average molecular weight is 334 g/mol. The van der Waals surface area contributed by atoms with Gasteiger partial charge < -0.3 is 19.3 Å². The molecule has 0 radical (unpaired) electrons. The Kier molecular flexibility index (Phi) is 6.46. The van der Waals surface area contributed by atoms with Gasteiger partial charge in [0, 0.05) is 31.7 Å². The first kappa shape index (κ1) is 18.1. The lowest BCUT2D eigenvalue weighted by molar-refractivity contribution is 0.0746. The molecule has 0 saturated carbocycles. The minimum Gasteiger partial charge on any atom is -0.497 e. The van der Waals surface area contributed by atoms with Crippen LogP contribution in [0.2, 0.25) is 0 Å². The Balaban J connectivity index is 1.91. The Morgan fingerprint density at radius 3 is 2.29 bits per heavy atom. The van der Waals surface area contributed by atoms with E-state index in [-0.39, 0.29) is 12.0 Å². The summed E-state index contributed by atoms with van der Waals surface area (Å²) < 4.78 is 10.4. The average Bonchev–Trinajstić information content (AvgIpc) is 2.85. The summed E-state index contributed by atoms with van der Waals surface area (Å²) in [6.07, 6.45) is 0.459. The summed E-state index contributed by atoms with van der Waals surface area (Å²) in [4.78, 5) is 28.1. The Morgan fingerprint density at radius 2 is 1.67 bits per heavy atom. The van der Waals surface area contributed by atoms with Crippen molar-refractivity contribution in [1.82, 2.24) is 9.80 Å². The van der Waals surface area contributed by atoms with Crippen molar-refractivity contribution in [2.45, 2.75) is 20.3 Å². The monoisotopic (exact) mass is 334 g/mol. The topological polar surface area (TPSA) is 59.1 Å². The normalized spacial score (nSPS) is 15.2. The first-order valence-electron chi connectivity index (χ1n) is 8.36. The fourth-order valence-corrected chi connectivity index (χ4v) is 2.55. The van der Waals surface area contributed by atoms with E-state index in [0.29, 0.717) is 44.3 Å². The molecule has 0 aromatic heterocycles. The van der Waals surface area contributed by atoms with Crippen molar-refractivity contribution in [1.29, 1.82) is 0 Å². The summed E-state index contributed by atoms with van der Waals surface area (Å²) in [5.74, 6) is 1.02. The van der Waals surface area contributed by atoms with Crippen molar-refractivity contribution in [3.63, 3.8) is 0 Å². The van der Waals surface area contributed by atoms with Crippen LogP contribution >= 0.6 is 0 Å². The summed E-state index contributed by atoms with van der Waals surface area (Å²) in [6, 6.07) is 7.09. The van der Waals surface area contributed by atoms with E-state index in [0.717, 1.165) is 12.2 Å². The third kappa shape index (κ3) is 4.88. The zero-order chi connectivity index (χ0) is 17.5. The van der Waals surface area contributed by atoms with E-state index >= 15 is 0 Å². The zero-order valence-corrected chi connectivity index (χ0v) is 14.7. The van der Waals surface area contributed by atoms with Gasteiger partial charge in [0.15, 0.2) is 0 Å². The van der Waals surface area contributed by atoms with E-state index in [1.54, 1.807) is 41.2 Å². The summed E-state index contributed by atoms with van der Waals surface area (Å²) >= 11 is 0. The number of ether oxygens (including phenoxy) is 2. The molecule has 1 heterocycles. The highest BCUT2D eigenvalue weighted by molar-refractivity contribution is 5.94. The molecule has 1 aromatic carbocycles. The molecule has 24 heavy (non-hydrogen) atoms. The molecule has 1 aliphatic heterocycles. The van der Waals surface area contributed by atoms with E-state index in [2.05, 4.69) is 0 Å². The largest absolute Gasteiger partial charge is 0.497 e. The third-order valence-corrected chi connectivity index (χ3v) is 3.92. The van der Waals surface area contributed by atoms with Crippen LogP contribution in [0.25, 0.3) is 0 Å². The minimum atomic E-state index is -0.289. The standard InChI is InChI=1S/C18H26N2O4/c1-14(2)13-24-18(22)20-10-4-9-19(11-12-20)17(21)15-5-7-16(23-3)8-6-15/h5-8,14H,4,9-13H2,1-3H3. The van der Waals surface area contributed by atoms with Crippen LogP contribution in [0.3, 0.4) is 0 Å². The van der Waals surface area contributed by atoms with E-state index < -0.39 is 0 Å². The molecular formula is C18H26N2O4. The van der Waals surface area contributed by atoms with Gasteiger partial charge in [-0.25, -0.2) is 4.79 Å². The molecule has 0 atom stereocenters. The Bertz CT molecular complexity index is 557. The van der Waals surface area contributed by atoms with E-state index in [1.165, 1.54) is 0 Å². The molecule has 1 aliphatic rings. The molecule has 0 N–H and O–H groups in total. The molecule has 2 rings (SSSR count). The summed E-state index contributed by atoms with van der Waals surface area (Å²) in [5, 5.41) is 0. The maximum atomic E-state index is 12.6. The summed E-state index contributed by atoms with van der Waals surface area (Å²) in [5.41, 5.74) is 0.631. The lowest BCUT2D eigenvalue weighted by Gasteiger charge is -2.22. The lowest BCUT2D eigenvalue weighted by atomic mass is 10.2. The van der Waals surface area contributed by atoms with Crippen molar-refractivity contribution >= 4 is 12.0 Å². The Morgan fingerprint density at radius 1 is 1.04 bits per heavy atom. The van der Waals surface area contributed by atoms with Gasteiger partial charge in [-0.1, -0.05) is 13.8 Å². The second kappa shape index (κ2) is 8.57. The van der Waals surface area contributed by atoms with Crippen molar-refractivity contribution in [3.8, 4) is 5.75 Å². The van der Waals surface area contributed by atoms with E-state index in [1.807, 2.05) is 13.8 Å². The highest BCUT2D eigenvalue weighted by Gasteiger charge is 2.23. The van der Waals surface area contributed by atoms with E-state index in [9.17, 15) is 9.59 Å². The first-order chi connectivity index (χ1) is 11.5. The van der Waals surface area contributed by atoms with Gasteiger partial charge in [0.05, 0.1) is 13.7 Å². The predicted octanol–water partition coefficient (Wildman–Crippen LogP) is 2.64. The second-order valence-electron chi connectivity index (χ2n) is 6.33. The SMILES string of the molecule is COc1ccc(C(=O)N2CCCN(C(=O)OCC(C)C)CC2)cc1. The number of benzene rings is 1. The number of hydrogen-bond acceptors (Lipinski definition) is 4. The molecule has 1 fully saturated rings. The number of carbonyl (C=O) groups excluding carboxylic acids is 2. The summed E-state index contributed by atoms with van der Waals surface area (Å²) in [6.45, 7) is 6.70. The molecule has 6 nitrogen and oxygen atoms in total. The second-order valence-corrected chi connectivity index (χ2v) is 6.33. The van der Waals surface area contributed by atoms with Crippen LogP contribution in [0.5, 0.6) is 5.75 Å². The highest BCUT2D eigenvalue weighted by Crippen LogP contribution is 2.15. The third-order valence-electron chi connectivity index (χ3n) is 3.92. The first-order valence-corrected chi connectivity index (χ1v) is 8.36. The fraction of sp³-hybridized carbons (Fsp3) is 0.556. The van der Waals surface area contributed by atoms with Crippen LogP contribution in [0.15, 0.2) is 24.3 Å². The molecule has 0 aliphatic carbocycles.